The van der Waals surface area contributed by atoms with Gasteiger partial charge in [0.1, 0.15) is 0 Å². The zero-order chi connectivity index (χ0) is 18.5. The van der Waals surface area contributed by atoms with Gasteiger partial charge in [0.2, 0.25) is 11.1 Å². The summed E-state index contributed by atoms with van der Waals surface area (Å²) in [6.45, 7) is 6.95. The van der Waals surface area contributed by atoms with Crippen LogP contribution in [0.15, 0.2) is 23.4 Å². The average molecular weight is 374 g/mol. The summed E-state index contributed by atoms with van der Waals surface area (Å²) in [6, 6.07) is 6.58. The number of hydrogen-bond donors (Lipinski definition) is 0. The Morgan fingerprint density at radius 3 is 2.73 bits per heavy atom. The number of tetrazole rings is 1. The van der Waals surface area contributed by atoms with Crippen molar-refractivity contribution < 1.29 is 4.79 Å². The van der Waals surface area contributed by atoms with Crippen molar-refractivity contribution in [1.29, 1.82) is 0 Å². The van der Waals surface area contributed by atoms with Gasteiger partial charge in [-0.2, -0.15) is 4.68 Å². The van der Waals surface area contributed by atoms with E-state index in [1.165, 1.54) is 36.6 Å². The SMILES string of the molecule is CCN(C(=O)CSc1nnnn1-c1ccc(C)cc1C)C1CCCCC1. The van der Waals surface area contributed by atoms with Gasteiger partial charge in [-0.3, -0.25) is 4.79 Å². The van der Waals surface area contributed by atoms with Crippen molar-refractivity contribution in [2.75, 3.05) is 12.3 Å². The van der Waals surface area contributed by atoms with E-state index in [2.05, 4.69) is 35.4 Å². The fourth-order valence-corrected chi connectivity index (χ4v) is 4.47. The molecule has 0 atom stereocenters. The van der Waals surface area contributed by atoms with E-state index in [4.69, 9.17) is 0 Å². The summed E-state index contributed by atoms with van der Waals surface area (Å²) >= 11 is 1.41. The lowest BCUT2D eigenvalue weighted by molar-refractivity contribution is -0.131. The van der Waals surface area contributed by atoms with Crippen molar-refractivity contribution in [1.82, 2.24) is 25.1 Å². The van der Waals surface area contributed by atoms with Gasteiger partial charge in [-0.25, -0.2) is 0 Å². The Balaban J connectivity index is 1.68. The molecule has 0 radical (unpaired) electrons. The number of carbonyl (C=O) groups is 1. The number of hydrogen-bond acceptors (Lipinski definition) is 5. The monoisotopic (exact) mass is 373 g/mol. The second kappa shape index (κ2) is 8.66. The summed E-state index contributed by atoms with van der Waals surface area (Å²) in [7, 11) is 0. The Labute approximate surface area is 159 Å². The highest BCUT2D eigenvalue weighted by Gasteiger charge is 2.24. The molecule has 1 heterocycles. The largest absolute Gasteiger partial charge is 0.339 e. The van der Waals surface area contributed by atoms with Gasteiger partial charge in [0.15, 0.2) is 0 Å². The molecule has 0 bridgehead atoms. The van der Waals surface area contributed by atoms with Crippen molar-refractivity contribution >= 4 is 17.7 Å². The van der Waals surface area contributed by atoms with Crippen molar-refractivity contribution in [2.45, 2.75) is 64.1 Å². The smallest absolute Gasteiger partial charge is 0.233 e. The molecule has 26 heavy (non-hydrogen) atoms. The third-order valence-corrected chi connectivity index (χ3v) is 5.93. The van der Waals surface area contributed by atoms with Crippen molar-refractivity contribution in [3.8, 4) is 5.69 Å². The zero-order valence-electron chi connectivity index (χ0n) is 15.8. The van der Waals surface area contributed by atoms with Crippen LogP contribution in [-0.2, 0) is 4.79 Å². The van der Waals surface area contributed by atoms with Gasteiger partial charge in [-0.05, 0) is 55.7 Å². The van der Waals surface area contributed by atoms with E-state index in [-0.39, 0.29) is 5.91 Å². The molecule has 0 saturated heterocycles. The molecule has 1 aromatic carbocycles. The highest BCUT2D eigenvalue weighted by molar-refractivity contribution is 7.99. The van der Waals surface area contributed by atoms with Crippen LogP contribution in [0.4, 0.5) is 0 Å². The first-order valence-electron chi connectivity index (χ1n) is 9.38. The summed E-state index contributed by atoms with van der Waals surface area (Å²) in [4.78, 5) is 14.8. The molecule has 140 valence electrons. The molecule has 1 fully saturated rings. The third kappa shape index (κ3) is 4.26. The van der Waals surface area contributed by atoms with E-state index in [1.54, 1.807) is 4.68 Å². The number of aryl methyl sites for hydroxylation is 2. The summed E-state index contributed by atoms with van der Waals surface area (Å²) in [5.74, 6) is 0.551. The van der Waals surface area contributed by atoms with Crippen LogP contribution in [0.1, 0.15) is 50.2 Å². The second-order valence-electron chi connectivity index (χ2n) is 6.92. The topological polar surface area (TPSA) is 63.9 Å². The minimum atomic E-state index is 0.180. The van der Waals surface area contributed by atoms with E-state index < -0.39 is 0 Å². The third-order valence-electron chi connectivity index (χ3n) is 5.02. The van der Waals surface area contributed by atoms with Crippen LogP contribution in [-0.4, -0.2) is 49.4 Å². The van der Waals surface area contributed by atoms with E-state index in [9.17, 15) is 4.79 Å². The first kappa shape index (κ1) is 18.9. The van der Waals surface area contributed by atoms with Crippen LogP contribution in [0, 0.1) is 13.8 Å². The first-order valence-corrected chi connectivity index (χ1v) is 10.4. The molecule has 0 aliphatic heterocycles. The molecule has 3 rings (SSSR count). The molecule has 2 aromatic rings. The summed E-state index contributed by atoms with van der Waals surface area (Å²) < 4.78 is 1.73. The van der Waals surface area contributed by atoms with E-state index in [0.717, 1.165) is 30.6 Å². The van der Waals surface area contributed by atoms with E-state index in [0.29, 0.717) is 17.0 Å². The highest BCUT2D eigenvalue weighted by Crippen LogP contribution is 2.25. The molecule has 7 heteroatoms. The molecule has 1 amide bonds. The van der Waals surface area contributed by atoms with Gasteiger partial charge in [0.25, 0.3) is 0 Å². The van der Waals surface area contributed by atoms with Crippen LogP contribution in [0.3, 0.4) is 0 Å². The van der Waals surface area contributed by atoms with Gasteiger partial charge in [0.05, 0.1) is 11.4 Å². The molecule has 1 aliphatic carbocycles. The molecule has 1 saturated carbocycles. The van der Waals surface area contributed by atoms with E-state index in [1.807, 2.05) is 24.0 Å². The lowest BCUT2D eigenvalue weighted by atomic mass is 9.94. The summed E-state index contributed by atoms with van der Waals surface area (Å²) in [5.41, 5.74) is 3.27. The molecule has 1 aromatic heterocycles. The number of rotatable bonds is 6. The Morgan fingerprint density at radius 2 is 2.04 bits per heavy atom. The fourth-order valence-electron chi connectivity index (χ4n) is 3.70. The minimum Gasteiger partial charge on any atom is -0.339 e. The Kier molecular flexibility index (Phi) is 6.29. The zero-order valence-corrected chi connectivity index (χ0v) is 16.6. The van der Waals surface area contributed by atoms with Crippen molar-refractivity contribution in [3.63, 3.8) is 0 Å². The van der Waals surface area contributed by atoms with Crippen LogP contribution in [0.2, 0.25) is 0 Å². The normalized spacial score (nSPS) is 15.2. The molecule has 6 nitrogen and oxygen atoms in total. The van der Waals surface area contributed by atoms with Gasteiger partial charge in [-0.1, -0.05) is 48.7 Å². The molecule has 1 aliphatic rings. The minimum absolute atomic E-state index is 0.180. The molecular formula is C19H27N5OS. The number of thioether (sulfide) groups is 1. The number of carbonyl (C=O) groups excluding carboxylic acids is 1. The summed E-state index contributed by atoms with van der Waals surface area (Å²) in [6.07, 6.45) is 6.01. The standard InChI is InChI=1S/C19H27N5OS/c1-4-23(16-8-6-5-7-9-16)18(25)13-26-19-20-21-22-24(19)17-11-10-14(2)12-15(17)3/h10-12,16H,4-9,13H2,1-3H3. The second-order valence-corrected chi connectivity index (χ2v) is 7.87. The lowest BCUT2D eigenvalue weighted by Crippen LogP contribution is -2.42. The van der Waals surface area contributed by atoms with Crippen LogP contribution in [0.5, 0.6) is 0 Å². The number of aromatic nitrogens is 4. The van der Waals surface area contributed by atoms with Crippen molar-refractivity contribution in [2.24, 2.45) is 0 Å². The average Bonchev–Trinajstić information content (AvgIpc) is 3.10. The molecular weight excluding hydrogens is 346 g/mol. The van der Waals surface area contributed by atoms with E-state index >= 15 is 0 Å². The lowest BCUT2D eigenvalue weighted by Gasteiger charge is -2.33. The number of benzene rings is 1. The quantitative estimate of drug-likeness (QED) is 0.725. The highest BCUT2D eigenvalue weighted by atomic mass is 32.2. The fraction of sp³-hybridized carbons (Fsp3) is 0.579. The van der Waals surface area contributed by atoms with Gasteiger partial charge >= 0.3 is 0 Å². The van der Waals surface area contributed by atoms with Gasteiger partial charge in [-0.15, -0.1) is 5.10 Å². The predicted octanol–water partition coefficient (Wildman–Crippen LogP) is 3.55. The molecule has 0 N–H and O–H groups in total. The molecule has 0 spiro atoms. The maximum Gasteiger partial charge on any atom is 0.233 e. The Bertz CT molecular complexity index is 754. The molecule has 0 unspecified atom stereocenters. The van der Waals surface area contributed by atoms with Crippen LogP contribution >= 0.6 is 11.8 Å². The Hall–Kier alpha value is -1.89. The maximum atomic E-state index is 12.8. The number of amides is 1. The maximum absolute atomic E-state index is 12.8. The summed E-state index contributed by atoms with van der Waals surface area (Å²) in [5, 5.41) is 12.7. The predicted molar refractivity (Wildman–Crippen MR) is 104 cm³/mol. The Morgan fingerprint density at radius 1 is 1.27 bits per heavy atom. The van der Waals surface area contributed by atoms with Crippen molar-refractivity contribution in [3.05, 3.63) is 29.3 Å². The number of nitrogens with zero attached hydrogens (tertiary/aromatic N) is 5. The van der Waals surface area contributed by atoms with Crippen LogP contribution < -0.4 is 0 Å². The van der Waals surface area contributed by atoms with Gasteiger partial charge < -0.3 is 4.90 Å². The first-order chi connectivity index (χ1) is 12.6. The van der Waals surface area contributed by atoms with Crippen LogP contribution in [0.25, 0.3) is 5.69 Å². The van der Waals surface area contributed by atoms with Gasteiger partial charge in [0, 0.05) is 12.6 Å².